The molecule has 36 heavy (non-hydrogen) atoms. The normalized spacial score (nSPS) is 11.3. The van der Waals surface area contributed by atoms with Gasteiger partial charge < -0.3 is 24.8 Å². The first-order valence-corrected chi connectivity index (χ1v) is 21.2. The van der Waals surface area contributed by atoms with E-state index in [2.05, 4.69) is 55.4 Å². The molecule has 0 aromatic rings. The maximum absolute atomic E-state index is 2.36. The van der Waals surface area contributed by atoms with Crippen molar-refractivity contribution in [1.29, 1.82) is 0 Å². The predicted molar refractivity (Wildman–Crippen MR) is 172 cm³/mol. The van der Waals surface area contributed by atoms with Crippen LogP contribution in [0.25, 0.3) is 0 Å². The third-order valence-corrected chi connectivity index (χ3v) is 18.0. The molecule has 0 aromatic heterocycles. The molecule has 0 aliphatic carbocycles. The molecule has 0 heterocycles. The first-order valence-electron chi connectivity index (χ1n) is 16.2. The second kappa shape index (κ2) is 32.7. The van der Waals surface area contributed by atoms with Crippen molar-refractivity contribution in [3.63, 3.8) is 0 Å². The monoisotopic (exact) mass is 588 g/mol. The Balaban J connectivity index is -0.000000269. The van der Waals surface area contributed by atoms with Crippen LogP contribution >= 0.6 is 14.5 Å². The Morgan fingerprint density at radius 2 is 0.361 bits per heavy atom. The minimum Gasteiger partial charge on any atom is -1.00 e. The van der Waals surface area contributed by atoms with E-state index in [9.17, 15) is 0 Å². The minimum absolute atomic E-state index is 0. The molecule has 0 atom stereocenters. The van der Waals surface area contributed by atoms with E-state index in [4.69, 9.17) is 0 Å². The predicted octanol–water partition coefficient (Wildman–Crippen LogP) is 6.42. The second-order valence-electron chi connectivity index (χ2n) is 11.3. The molecule has 0 aliphatic rings. The summed E-state index contributed by atoms with van der Waals surface area (Å²) in [5.41, 5.74) is 0. The summed E-state index contributed by atoms with van der Waals surface area (Å²) in [5.74, 6) is 0. The zero-order valence-corrected chi connectivity index (χ0v) is 29.9. The molecule has 0 saturated heterocycles. The molecular weight excluding hydrogens is 517 g/mol. The van der Waals surface area contributed by atoms with E-state index in [1.807, 2.05) is 0 Å². The lowest BCUT2D eigenvalue weighted by Gasteiger charge is -2.28. The lowest BCUT2D eigenvalue weighted by atomic mass is 10.4. The summed E-state index contributed by atoms with van der Waals surface area (Å²) in [6, 6.07) is 0. The van der Waals surface area contributed by atoms with Crippen LogP contribution in [0.1, 0.15) is 158 Å². The third-order valence-electron chi connectivity index (χ3n) is 7.89. The van der Waals surface area contributed by atoms with Crippen LogP contribution in [0.4, 0.5) is 0 Å². The summed E-state index contributed by atoms with van der Waals surface area (Å²) in [6.07, 6.45) is 35.9. The highest BCUT2D eigenvalue weighted by Gasteiger charge is 2.35. The van der Waals surface area contributed by atoms with Gasteiger partial charge in [-0.2, -0.15) is 0 Å². The van der Waals surface area contributed by atoms with Crippen LogP contribution in [-0.2, 0) is 0 Å². The summed E-state index contributed by atoms with van der Waals surface area (Å²) in [4.78, 5) is 0. The third kappa shape index (κ3) is 24.5. The van der Waals surface area contributed by atoms with Crippen LogP contribution in [0.3, 0.4) is 0 Å². The lowest BCUT2D eigenvalue weighted by Crippen LogP contribution is -3.00. The Bertz CT molecular complexity index is 279. The van der Waals surface area contributed by atoms with Crippen LogP contribution in [0.2, 0.25) is 0 Å². The molecule has 0 fully saturated rings. The van der Waals surface area contributed by atoms with Gasteiger partial charge in [-0.1, -0.05) is 107 Å². The zero-order chi connectivity index (χ0) is 26.0. The number of hydrogen-bond donors (Lipinski definition) is 0. The minimum atomic E-state index is -0.562. The molecule has 0 bridgehead atoms. The van der Waals surface area contributed by atoms with Gasteiger partial charge in [-0.3, -0.25) is 0 Å². The van der Waals surface area contributed by atoms with Crippen molar-refractivity contribution >= 4 is 14.5 Å². The lowest BCUT2D eigenvalue weighted by molar-refractivity contribution is -0.00100. The fourth-order valence-electron chi connectivity index (χ4n) is 5.29. The van der Waals surface area contributed by atoms with Gasteiger partial charge in [-0.15, -0.1) is 0 Å². The van der Waals surface area contributed by atoms with E-state index in [-0.39, 0.29) is 24.8 Å². The van der Waals surface area contributed by atoms with Crippen LogP contribution in [0.15, 0.2) is 0 Å². The van der Waals surface area contributed by atoms with E-state index in [1.165, 1.54) is 103 Å². The highest BCUT2D eigenvalue weighted by atomic mass is 35.5. The number of halogens is 2. The molecule has 0 aromatic carbocycles. The maximum atomic E-state index is 2.36. The van der Waals surface area contributed by atoms with Crippen LogP contribution in [0, 0.1) is 0 Å². The standard InChI is InChI=1S/2C16H36P.2ClH/c2*1-5-9-13-17(14-10-6-2,15-11-7-3)16-12-8-4;;/h2*5-16H2,1-4H3;2*1H/q2*+1;;/p-2. The van der Waals surface area contributed by atoms with Gasteiger partial charge in [0.25, 0.3) is 0 Å². The number of rotatable bonds is 24. The highest BCUT2D eigenvalue weighted by Crippen LogP contribution is 2.62. The van der Waals surface area contributed by atoms with Crippen LogP contribution in [0.5, 0.6) is 0 Å². The van der Waals surface area contributed by atoms with Gasteiger partial charge in [0.2, 0.25) is 0 Å². The molecular formula is C32H72Cl2P2. The summed E-state index contributed by atoms with van der Waals surface area (Å²) in [7, 11) is -1.12. The molecule has 0 saturated carbocycles. The molecule has 0 spiro atoms. The van der Waals surface area contributed by atoms with Crippen molar-refractivity contribution in [3.05, 3.63) is 0 Å². The number of unbranched alkanes of at least 4 members (excludes halogenated alkanes) is 8. The van der Waals surface area contributed by atoms with E-state index in [1.54, 1.807) is 49.3 Å². The zero-order valence-electron chi connectivity index (χ0n) is 26.6. The molecule has 0 nitrogen and oxygen atoms in total. The summed E-state index contributed by atoms with van der Waals surface area (Å²) < 4.78 is 0. The molecule has 224 valence electrons. The Kier molecular flexibility index (Phi) is 40.3. The van der Waals surface area contributed by atoms with E-state index in [0.29, 0.717) is 0 Å². The van der Waals surface area contributed by atoms with Gasteiger partial charge in [0.1, 0.15) is 0 Å². The van der Waals surface area contributed by atoms with Crippen molar-refractivity contribution < 1.29 is 24.8 Å². The first kappa shape index (κ1) is 44.5. The fraction of sp³-hybridized carbons (Fsp3) is 1.00. The van der Waals surface area contributed by atoms with E-state index < -0.39 is 14.5 Å². The van der Waals surface area contributed by atoms with Gasteiger partial charge in [-0.05, 0) is 51.4 Å². The van der Waals surface area contributed by atoms with Gasteiger partial charge in [-0.25, -0.2) is 0 Å². The Morgan fingerprint density at radius 3 is 0.444 bits per heavy atom. The van der Waals surface area contributed by atoms with Crippen LogP contribution < -0.4 is 24.8 Å². The average molecular weight is 590 g/mol. The van der Waals surface area contributed by atoms with Crippen molar-refractivity contribution in [2.24, 2.45) is 0 Å². The smallest absolute Gasteiger partial charge is 0.0594 e. The molecule has 4 heteroatoms. The molecule has 0 amide bonds. The number of hydrogen-bond acceptors (Lipinski definition) is 0. The van der Waals surface area contributed by atoms with E-state index in [0.717, 1.165) is 0 Å². The maximum Gasteiger partial charge on any atom is 0.0594 e. The van der Waals surface area contributed by atoms with Crippen molar-refractivity contribution in [3.8, 4) is 0 Å². The van der Waals surface area contributed by atoms with Gasteiger partial charge in [0.05, 0.1) is 49.3 Å². The molecule has 0 radical (unpaired) electrons. The summed E-state index contributed by atoms with van der Waals surface area (Å²) in [5, 5.41) is 0. The Morgan fingerprint density at radius 1 is 0.250 bits per heavy atom. The van der Waals surface area contributed by atoms with Crippen LogP contribution in [-0.4, -0.2) is 49.3 Å². The van der Waals surface area contributed by atoms with Gasteiger partial charge in [0, 0.05) is 14.5 Å². The summed E-state index contributed by atoms with van der Waals surface area (Å²) >= 11 is 0. The SMILES string of the molecule is CCCC[P+](CCCC)(CCCC)CCCC.CCCC[P+](CCCC)(CCCC)CCCC.[Cl-].[Cl-]. The topological polar surface area (TPSA) is 0 Å². The first-order chi connectivity index (χ1) is 16.5. The van der Waals surface area contributed by atoms with Gasteiger partial charge in [0.15, 0.2) is 0 Å². The molecule has 0 rings (SSSR count). The Labute approximate surface area is 246 Å². The van der Waals surface area contributed by atoms with Gasteiger partial charge >= 0.3 is 0 Å². The average Bonchev–Trinajstić information content (AvgIpc) is 2.87. The van der Waals surface area contributed by atoms with Crippen molar-refractivity contribution in [2.45, 2.75) is 158 Å². The van der Waals surface area contributed by atoms with E-state index >= 15 is 0 Å². The molecule has 0 unspecified atom stereocenters. The fourth-order valence-corrected chi connectivity index (χ4v) is 15.9. The molecule has 0 N–H and O–H groups in total. The Hall–Kier alpha value is 1.44. The highest BCUT2D eigenvalue weighted by molar-refractivity contribution is 7.76. The second-order valence-corrected chi connectivity index (χ2v) is 20.2. The van der Waals surface area contributed by atoms with Crippen molar-refractivity contribution in [1.82, 2.24) is 0 Å². The van der Waals surface area contributed by atoms with Crippen molar-refractivity contribution in [2.75, 3.05) is 49.3 Å². The quantitative estimate of drug-likeness (QED) is 0.114. The molecule has 0 aliphatic heterocycles. The largest absolute Gasteiger partial charge is 1.00 e. The summed E-state index contributed by atoms with van der Waals surface area (Å²) in [6.45, 7) is 18.8.